The van der Waals surface area contributed by atoms with Crippen molar-refractivity contribution in [2.24, 2.45) is 4.99 Å². The third-order valence-electron chi connectivity index (χ3n) is 3.63. The quantitative estimate of drug-likeness (QED) is 0.508. The molecule has 0 saturated carbocycles. The van der Waals surface area contributed by atoms with E-state index in [4.69, 9.17) is 4.99 Å². The Hall–Kier alpha value is -1.52. The minimum atomic E-state index is 0.858. The fourth-order valence-electron chi connectivity index (χ4n) is 2.66. The van der Waals surface area contributed by atoms with Gasteiger partial charge in [-0.2, -0.15) is 5.10 Å². The molecule has 2 heterocycles. The summed E-state index contributed by atoms with van der Waals surface area (Å²) in [6, 6.07) is 2.12. The Balaban J connectivity index is 1.82. The Kier molecular flexibility index (Phi) is 5.44. The highest BCUT2D eigenvalue weighted by molar-refractivity contribution is 5.80. The number of guanidine groups is 1. The Morgan fingerprint density at radius 1 is 1.35 bits per heavy atom. The average Bonchev–Trinajstić information content (AvgIpc) is 3.03. The minimum absolute atomic E-state index is 0.858. The van der Waals surface area contributed by atoms with E-state index in [1.165, 1.54) is 18.5 Å². The highest BCUT2D eigenvalue weighted by Gasteiger charge is 2.15. The molecule has 5 heteroatoms. The van der Waals surface area contributed by atoms with Crippen molar-refractivity contribution < 1.29 is 0 Å². The lowest BCUT2D eigenvalue weighted by Crippen LogP contribution is -2.39. The van der Waals surface area contributed by atoms with Crippen molar-refractivity contribution in [1.29, 1.82) is 0 Å². The van der Waals surface area contributed by atoms with E-state index in [0.717, 1.165) is 50.8 Å². The highest BCUT2D eigenvalue weighted by atomic mass is 15.3. The molecule has 1 N–H and O–H groups in total. The van der Waals surface area contributed by atoms with Gasteiger partial charge in [0.2, 0.25) is 0 Å². The van der Waals surface area contributed by atoms with Crippen LogP contribution in [0.4, 0.5) is 0 Å². The minimum Gasteiger partial charge on any atom is -0.357 e. The number of likely N-dealkylation sites (tertiary alicyclic amines) is 1. The van der Waals surface area contributed by atoms with Crippen LogP contribution in [-0.2, 0) is 6.54 Å². The second-order valence-corrected chi connectivity index (χ2v) is 5.43. The predicted octanol–water partition coefficient (Wildman–Crippen LogP) is 1.95. The summed E-state index contributed by atoms with van der Waals surface area (Å²) in [6.07, 6.45) is 3.61. The summed E-state index contributed by atoms with van der Waals surface area (Å²) >= 11 is 0. The average molecular weight is 277 g/mol. The molecule has 0 radical (unpaired) electrons. The van der Waals surface area contributed by atoms with Crippen LogP contribution >= 0.6 is 0 Å². The number of hydrogen-bond acceptors (Lipinski definition) is 2. The van der Waals surface area contributed by atoms with Gasteiger partial charge in [0, 0.05) is 38.4 Å². The summed E-state index contributed by atoms with van der Waals surface area (Å²) in [5.41, 5.74) is 2.33. The van der Waals surface area contributed by atoms with Gasteiger partial charge < -0.3 is 10.2 Å². The van der Waals surface area contributed by atoms with E-state index in [-0.39, 0.29) is 0 Å². The fourth-order valence-corrected chi connectivity index (χ4v) is 2.66. The monoisotopic (exact) mass is 277 g/mol. The van der Waals surface area contributed by atoms with Gasteiger partial charge in [0.1, 0.15) is 0 Å². The van der Waals surface area contributed by atoms with Crippen LogP contribution in [0.25, 0.3) is 0 Å². The third kappa shape index (κ3) is 3.99. The van der Waals surface area contributed by atoms with E-state index in [0.29, 0.717) is 0 Å². The fraction of sp³-hybridized carbons (Fsp3) is 0.733. The molecule has 20 heavy (non-hydrogen) atoms. The molecular weight excluding hydrogens is 250 g/mol. The number of aliphatic imine (C=N–C) groups is 1. The first kappa shape index (κ1) is 14.9. The van der Waals surface area contributed by atoms with Crippen LogP contribution in [0.2, 0.25) is 0 Å². The Morgan fingerprint density at radius 3 is 2.70 bits per heavy atom. The number of rotatable bonds is 5. The molecule has 1 aliphatic heterocycles. The molecule has 1 aromatic rings. The van der Waals surface area contributed by atoms with Crippen molar-refractivity contribution in [3.05, 3.63) is 17.5 Å². The van der Waals surface area contributed by atoms with Gasteiger partial charge in [0.15, 0.2) is 5.96 Å². The number of nitrogens with zero attached hydrogens (tertiary/aromatic N) is 4. The number of aryl methyl sites for hydroxylation is 3. The first-order valence-corrected chi connectivity index (χ1v) is 7.75. The van der Waals surface area contributed by atoms with Gasteiger partial charge in [0.05, 0.1) is 5.69 Å². The van der Waals surface area contributed by atoms with Crippen LogP contribution in [0.1, 0.15) is 37.6 Å². The molecule has 0 atom stereocenters. The maximum atomic E-state index is 4.74. The zero-order valence-electron chi connectivity index (χ0n) is 13.0. The third-order valence-corrected chi connectivity index (χ3v) is 3.63. The molecule has 0 bridgehead atoms. The van der Waals surface area contributed by atoms with E-state index in [9.17, 15) is 0 Å². The number of aromatic nitrogens is 2. The summed E-state index contributed by atoms with van der Waals surface area (Å²) in [7, 11) is 0. The van der Waals surface area contributed by atoms with Crippen LogP contribution in [0.15, 0.2) is 11.1 Å². The number of hydrogen-bond donors (Lipinski definition) is 1. The van der Waals surface area contributed by atoms with Crippen LogP contribution < -0.4 is 5.32 Å². The molecule has 0 aliphatic carbocycles. The molecule has 2 rings (SSSR count). The van der Waals surface area contributed by atoms with E-state index < -0.39 is 0 Å². The van der Waals surface area contributed by atoms with Gasteiger partial charge in [0.25, 0.3) is 0 Å². The summed E-state index contributed by atoms with van der Waals surface area (Å²) in [4.78, 5) is 7.11. The van der Waals surface area contributed by atoms with Crippen molar-refractivity contribution >= 4 is 5.96 Å². The maximum Gasteiger partial charge on any atom is 0.193 e. The highest BCUT2D eigenvalue weighted by Crippen LogP contribution is 2.08. The van der Waals surface area contributed by atoms with Crippen molar-refractivity contribution in [1.82, 2.24) is 20.0 Å². The van der Waals surface area contributed by atoms with E-state index in [1.54, 1.807) is 0 Å². The van der Waals surface area contributed by atoms with E-state index in [1.807, 2.05) is 6.92 Å². The normalized spacial score (nSPS) is 15.9. The molecule has 1 aromatic heterocycles. The predicted molar refractivity (Wildman–Crippen MR) is 83.1 cm³/mol. The van der Waals surface area contributed by atoms with Gasteiger partial charge >= 0.3 is 0 Å². The molecule has 5 nitrogen and oxygen atoms in total. The second kappa shape index (κ2) is 7.31. The largest absolute Gasteiger partial charge is 0.357 e. The molecule has 0 spiro atoms. The molecule has 0 unspecified atom stereocenters. The van der Waals surface area contributed by atoms with E-state index >= 15 is 0 Å². The first-order valence-electron chi connectivity index (χ1n) is 7.75. The number of nitrogens with one attached hydrogen (secondary N) is 1. The molecule has 1 aliphatic rings. The second-order valence-electron chi connectivity index (χ2n) is 5.43. The van der Waals surface area contributed by atoms with Crippen LogP contribution in [0.3, 0.4) is 0 Å². The summed E-state index contributed by atoms with van der Waals surface area (Å²) in [6.45, 7) is 11.3. The molecule has 1 fully saturated rings. The molecule has 1 saturated heterocycles. The summed E-state index contributed by atoms with van der Waals surface area (Å²) < 4.78 is 2.08. The maximum absolute atomic E-state index is 4.74. The standard InChI is InChI=1S/C15H27N5/c1-4-16-15(19-9-5-6-10-19)17-8-7-11-20-14(3)12-13(2)18-20/h12H,4-11H2,1-3H3,(H,16,17). The summed E-state index contributed by atoms with van der Waals surface area (Å²) in [5, 5.41) is 7.88. The smallest absolute Gasteiger partial charge is 0.193 e. The SMILES string of the molecule is CCNC(=NCCCn1nc(C)cc1C)N1CCCC1. The first-order chi connectivity index (χ1) is 9.70. The van der Waals surface area contributed by atoms with Crippen LogP contribution in [0.5, 0.6) is 0 Å². The Labute approximate surface area is 122 Å². The molecular formula is C15H27N5. The van der Waals surface area contributed by atoms with Crippen molar-refractivity contribution in [3.63, 3.8) is 0 Å². The van der Waals surface area contributed by atoms with Gasteiger partial charge in [-0.05, 0) is 46.1 Å². The molecule has 0 amide bonds. The van der Waals surface area contributed by atoms with Crippen molar-refractivity contribution in [2.75, 3.05) is 26.2 Å². The lowest BCUT2D eigenvalue weighted by molar-refractivity contribution is 0.490. The topological polar surface area (TPSA) is 45.5 Å². The van der Waals surface area contributed by atoms with Gasteiger partial charge in [-0.3, -0.25) is 9.67 Å². The van der Waals surface area contributed by atoms with E-state index in [2.05, 4.69) is 39.9 Å². The Morgan fingerprint density at radius 2 is 2.10 bits per heavy atom. The van der Waals surface area contributed by atoms with Crippen molar-refractivity contribution in [3.8, 4) is 0 Å². The zero-order valence-corrected chi connectivity index (χ0v) is 13.0. The zero-order chi connectivity index (χ0) is 14.4. The van der Waals surface area contributed by atoms with Gasteiger partial charge in [-0.15, -0.1) is 0 Å². The van der Waals surface area contributed by atoms with Gasteiger partial charge in [-0.25, -0.2) is 0 Å². The van der Waals surface area contributed by atoms with Crippen LogP contribution in [-0.4, -0.2) is 46.8 Å². The lowest BCUT2D eigenvalue weighted by atomic mass is 10.4. The van der Waals surface area contributed by atoms with Crippen LogP contribution in [0, 0.1) is 13.8 Å². The lowest BCUT2D eigenvalue weighted by Gasteiger charge is -2.20. The molecule has 0 aromatic carbocycles. The summed E-state index contributed by atoms with van der Waals surface area (Å²) in [5.74, 6) is 1.08. The molecule has 112 valence electrons. The Bertz CT molecular complexity index is 443. The van der Waals surface area contributed by atoms with Crippen molar-refractivity contribution in [2.45, 2.75) is 46.6 Å². The van der Waals surface area contributed by atoms with Gasteiger partial charge in [-0.1, -0.05) is 0 Å².